The first-order valence-electron chi connectivity index (χ1n) is 3.10. The lowest BCUT2D eigenvalue weighted by atomic mass is 10.5. The van der Waals surface area contributed by atoms with E-state index in [1.165, 1.54) is 7.05 Å². The molecule has 1 aromatic heterocycles. The Morgan fingerprint density at radius 3 is 2.92 bits per heavy atom. The lowest BCUT2D eigenvalue weighted by Crippen LogP contribution is -2.03. The molecule has 0 bridgehead atoms. The van der Waals surface area contributed by atoms with E-state index >= 15 is 0 Å². The molecule has 0 radical (unpaired) electrons. The molecule has 0 aliphatic carbocycles. The number of nitrogens with two attached hydrogens (primary N) is 1. The maximum atomic E-state index is 10.3. The molecular formula is C5H7N5O2. The van der Waals surface area contributed by atoms with Crippen molar-refractivity contribution in [1.82, 2.24) is 9.97 Å². The summed E-state index contributed by atoms with van der Waals surface area (Å²) >= 11 is 0. The number of nitro groups is 1. The van der Waals surface area contributed by atoms with Gasteiger partial charge in [-0.05, 0) is 0 Å². The highest BCUT2D eigenvalue weighted by atomic mass is 16.6. The van der Waals surface area contributed by atoms with Crippen LogP contribution in [0.4, 0.5) is 17.5 Å². The van der Waals surface area contributed by atoms with Crippen molar-refractivity contribution in [2.75, 3.05) is 18.1 Å². The van der Waals surface area contributed by atoms with Gasteiger partial charge in [0.15, 0.2) is 0 Å². The van der Waals surface area contributed by atoms with E-state index in [1.807, 2.05) is 0 Å². The van der Waals surface area contributed by atoms with Gasteiger partial charge in [0.2, 0.25) is 11.8 Å². The van der Waals surface area contributed by atoms with Crippen molar-refractivity contribution in [3.05, 3.63) is 16.3 Å². The van der Waals surface area contributed by atoms with Crippen LogP contribution >= 0.6 is 0 Å². The number of aromatic nitrogens is 2. The van der Waals surface area contributed by atoms with Crippen LogP contribution in [-0.2, 0) is 0 Å². The van der Waals surface area contributed by atoms with Crippen LogP contribution in [0.1, 0.15) is 0 Å². The first-order chi connectivity index (χ1) is 5.65. The van der Waals surface area contributed by atoms with E-state index < -0.39 is 4.92 Å². The average molecular weight is 169 g/mol. The molecule has 0 aliphatic rings. The molecule has 0 saturated carbocycles. The molecule has 3 N–H and O–H groups in total. The molecule has 0 fully saturated rings. The summed E-state index contributed by atoms with van der Waals surface area (Å²) in [7, 11) is 1.52. The zero-order valence-corrected chi connectivity index (χ0v) is 6.31. The van der Waals surface area contributed by atoms with Crippen molar-refractivity contribution in [3.63, 3.8) is 0 Å². The molecular weight excluding hydrogens is 162 g/mol. The first kappa shape index (κ1) is 8.18. The Labute approximate surface area is 67.8 Å². The van der Waals surface area contributed by atoms with Crippen molar-refractivity contribution in [3.8, 4) is 0 Å². The first-order valence-corrected chi connectivity index (χ1v) is 3.10. The smallest absolute Gasteiger partial charge is 0.329 e. The second-order valence-corrected chi connectivity index (χ2v) is 1.97. The van der Waals surface area contributed by atoms with Crippen LogP contribution < -0.4 is 11.1 Å². The van der Waals surface area contributed by atoms with Crippen LogP contribution in [0.2, 0.25) is 0 Å². The molecule has 12 heavy (non-hydrogen) atoms. The topological polar surface area (TPSA) is 107 Å². The van der Waals surface area contributed by atoms with Crippen molar-refractivity contribution in [2.45, 2.75) is 0 Å². The maximum Gasteiger partial charge on any atom is 0.329 e. The van der Waals surface area contributed by atoms with E-state index in [0.29, 0.717) is 0 Å². The molecule has 0 atom stereocenters. The van der Waals surface area contributed by atoms with Gasteiger partial charge >= 0.3 is 5.69 Å². The molecule has 1 heterocycles. The second kappa shape index (κ2) is 2.99. The minimum atomic E-state index is -0.578. The van der Waals surface area contributed by atoms with Gasteiger partial charge in [0.1, 0.15) is 6.20 Å². The average Bonchev–Trinajstić information content (AvgIpc) is 2.03. The van der Waals surface area contributed by atoms with E-state index in [0.717, 1.165) is 6.20 Å². The quantitative estimate of drug-likeness (QED) is 0.477. The molecule has 1 aromatic rings. The van der Waals surface area contributed by atoms with Crippen LogP contribution in [0.5, 0.6) is 0 Å². The number of nitrogens with zero attached hydrogens (tertiary/aromatic N) is 3. The van der Waals surface area contributed by atoms with Gasteiger partial charge in [-0.2, -0.15) is 4.98 Å². The normalized spacial score (nSPS) is 9.42. The standard InChI is InChI=1S/C5H7N5O2/c1-7-4-3(10(11)12)2-8-5(6)9-4/h2H,1H3,(H3,6,7,8,9). The Kier molecular flexibility index (Phi) is 2.04. The van der Waals surface area contributed by atoms with Crippen molar-refractivity contribution >= 4 is 17.5 Å². The maximum absolute atomic E-state index is 10.3. The predicted octanol–water partition coefficient (Wildman–Crippen LogP) is 0.00870. The van der Waals surface area contributed by atoms with Gasteiger partial charge in [0, 0.05) is 7.05 Å². The van der Waals surface area contributed by atoms with Gasteiger partial charge in [0.05, 0.1) is 4.92 Å². The Bertz CT molecular complexity index is 313. The van der Waals surface area contributed by atoms with Gasteiger partial charge < -0.3 is 11.1 Å². The number of hydrogen-bond acceptors (Lipinski definition) is 6. The van der Waals surface area contributed by atoms with E-state index in [-0.39, 0.29) is 17.5 Å². The zero-order chi connectivity index (χ0) is 9.14. The van der Waals surface area contributed by atoms with E-state index in [1.54, 1.807) is 0 Å². The molecule has 0 aliphatic heterocycles. The molecule has 64 valence electrons. The lowest BCUT2D eigenvalue weighted by molar-refractivity contribution is -0.384. The number of nitrogen functional groups attached to an aromatic ring is 1. The summed E-state index contributed by atoms with van der Waals surface area (Å²) in [5.74, 6) is 0.123. The van der Waals surface area contributed by atoms with Crippen molar-refractivity contribution < 1.29 is 4.92 Å². The van der Waals surface area contributed by atoms with Crippen LogP contribution in [-0.4, -0.2) is 21.9 Å². The summed E-state index contributed by atoms with van der Waals surface area (Å²) in [6.07, 6.45) is 1.06. The van der Waals surface area contributed by atoms with Crippen LogP contribution in [0.3, 0.4) is 0 Å². The Balaban J connectivity index is 3.20. The van der Waals surface area contributed by atoms with Crippen molar-refractivity contribution in [2.24, 2.45) is 0 Å². The van der Waals surface area contributed by atoms with Gasteiger partial charge in [-0.1, -0.05) is 0 Å². The van der Waals surface area contributed by atoms with E-state index in [4.69, 9.17) is 5.73 Å². The predicted molar refractivity (Wildman–Crippen MR) is 42.6 cm³/mol. The number of anilines is 2. The van der Waals surface area contributed by atoms with E-state index in [2.05, 4.69) is 15.3 Å². The largest absolute Gasteiger partial charge is 0.368 e. The minimum absolute atomic E-state index is 0.00458. The van der Waals surface area contributed by atoms with Gasteiger partial charge in [-0.25, -0.2) is 4.98 Å². The fraction of sp³-hybridized carbons (Fsp3) is 0.200. The fourth-order valence-corrected chi connectivity index (χ4v) is 0.707. The third kappa shape index (κ3) is 1.39. The molecule has 0 aromatic carbocycles. The Hall–Kier alpha value is -1.92. The second-order valence-electron chi connectivity index (χ2n) is 1.97. The molecule has 1 rings (SSSR count). The van der Waals surface area contributed by atoms with Gasteiger partial charge in [-0.3, -0.25) is 10.1 Å². The number of rotatable bonds is 2. The fourth-order valence-electron chi connectivity index (χ4n) is 0.707. The summed E-state index contributed by atoms with van der Waals surface area (Å²) < 4.78 is 0. The minimum Gasteiger partial charge on any atom is -0.368 e. The zero-order valence-electron chi connectivity index (χ0n) is 6.31. The monoisotopic (exact) mass is 169 g/mol. The van der Waals surface area contributed by atoms with Crippen LogP contribution in [0.15, 0.2) is 6.20 Å². The van der Waals surface area contributed by atoms with Crippen LogP contribution in [0, 0.1) is 10.1 Å². The molecule has 7 nitrogen and oxygen atoms in total. The summed E-state index contributed by atoms with van der Waals surface area (Å²) in [4.78, 5) is 16.9. The highest BCUT2D eigenvalue weighted by Gasteiger charge is 2.14. The number of hydrogen-bond donors (Lipinski definition) is 2. The summed E-state index contributed by atoms with van der Waals surface area (Å²) in [5, 5.41) is 12.9. The lowest BCUT2D eigenvalue weighted by Gasteiger charge is -1.99. The highest BCUT2D eigenvalue weighted by molar-refractivity contribution is 5.55. The summed E-state index contributed by atoms with van der Waals surface area (Å²) in [6.45, 7) is 0. The molecule has 7 heteroatoms. The summed E-state index contributed by atoms with van der Waals surface area (Å²) in [6, 6.07) is 0. The van der Waals surface area contributed by atoms with E-state index in [9.17, 15) is 10.1 Å². The SMILES string of the molecule is CNc1nc(N)ncc1[N+](=O)[O-]. The van der Waals surface area contributed by atoms with Gasteiger partial charge in [-0.15, -0.1) is 0 Å². The Morgan fingerprint density at radius 2 is 2.42 bits per heavy atom. The third-order valence-corrected chi connectivity index (χ3v) is 1.22. The molecule has 0 amide bonds. The van der Waals surface area contributed by atoms with Crippen molar-refractivity contribution in [1.29, 1.82) is 0 Å². The summed E-state index contributed by atoms with van der Waals surface area (Å²) in [5.41, 5.74) is 5.03. The van der Waals surface area contributed by atoms with Gasteiger partial charge in [0.25, 0.3) is 0 Å². The molecule has 0 unspecified atom stereocenters. The molecule has 0 spiro atoms. The molecule has 0 saturated heterocycles. The van der Waals surface area contributed by atoms with Crippen LogP contribution in [0.25, 0.3) is 0 Å². The number of nitrogens with one attached hydrogen (secondary N) is 1. The Morgan fingerprint density at radius 1 is 1.75 bits per heavy atom. The highest BCUT2D eigenvalue weighted by Crippen LogP contribution is 2.19. The third-order valence-electron chi connectivity index (χ3n) is 1.22.